The van der Waals surface area contributed by atoms with Crippen molar-refractivity contribution in [1.29, 1.82) is 0 Å². The number of phenolic OH excluding ortho intramolecular Hbond substituents is 1. The Bertz CT molecular complexity index is 428. The smallest absolute Gasteiger partial charge is 0.232 e. The summed E-state index contributed by atoms with van der Waals surface area (Å²) in [5, 5.41) is 9.21. The lowest BCUT2D eigenvalue weighted by Crippen LogP contribution is -2.10. The summed E-state index contributed by atoms with van der Waals surface area (Å²) in [6.45, 7) is 1.81. The molecule has 0 saturated carbocycles. The van der Waals surface area contributed by atoms with Gasteiger partial charge in [0, 0.05) is 10.7 Å². The minimum atomic E-state index is -3.44. The van der Waals surface area contributed by atoms with Crippen LogP contribution in [0.25, 0.3) is 0 Å². The first kappa shape index (κ1) is 12.3. The van der Waals surface area contributed by atoms with Gasteiger partial charge in [0.2, 0.25) is 9.05 Å². The predicted molar refractivity (Wildman–Crippen MR) is 60.6 cm³/mol. The van der Waals surface area contributed by atoms with Crippen LogP contribution in [0.5, 0.6) is 5.75 Å². The SMILES string of the molecule is CC(Cc1cccc(O)c1)CS(=O)(=O)Cl. The topological polar surface area (TPSA) is 54.4 Å². The Morgan fingerprint density at radius 3 is 2.67 bits per heavy atom. The van der Waals surface area contributed by atoms with Gasteiger partial charge < -0.3 is 5.11 Å². The van der Waals surface area contributed by atoms with E-state index >= 15 is 0 Å². The number of rotatable bonds is 4. The molecule has 1 atom stereocenters. The van der Waals surface area contributed by atoms with Crippen LogP contribution in [0.15, 0.2) is 24.3 Å². The number of halogens is 1. The van der Waals surface area contributed by atoms with Crippen molar-refractivity contribution in [3.63, 3.8) is 0 Å². The van der Waals surface area contributed by atoms with Gasteiger partial charge in [0.25, 0.3) is 0 Å². The first-order valence-electron chi connectivity index (χ1n) is 4.57. The van der Waals surface area contributed by atoms with Gasteiger partial charge in [0.05, 0.1) is 5.75 Å². The van der Waals surface area contributed by atoms with Crippen LogP contribution >= 0.6 is 10.7 Å². The van der Waals surface area contributed by atoms with Gasteiger partial charge in [-0.05, 0) is 30.0 Å². The van der Waals surface area contributed by atoms with E-state index in [9.17, 15) is 13.5 Å². The van der Waals surface area contributed by atoms with Crippen LogP contribution < -0.4 is 0 Å². The molecule has 5 heteroatoms. The molecule has 0 fully saturated rings. The van der Waals surface area contributed by atoms with Crippen LogP contribution in [-0.4, -0.2) is 19.3 Å². The van der Waals surface area contributed by atoms with Crippen LogP contribution in [-0.2, 0) is 15.5 Å². The van der Waals surface area contributed by atoms with Crippen LogP contribution in [0.2, 0.25) is 0 Å². The molecule has 0 radical (unpaired) electrons. The van der Waals surface area contributed by atoms with Crippen LogP contribution in [0.1, 0.15) is 12.5 Å². The van der Waals surface area contributed by atoms with E-state index in [0.717, 1.165) is 5.56 Å². The summed E-state index contributed by atoms with van der Waals surface area (Å²) in [5.41, 5.74) is 0.905. The average molecular weight is 249 g/mol. The molecule has 0 spiro atoms. The number of benzene rings is 1. The van der Waals surface area contributed by atoms with Gasteiger partial charge in [-0.3, -0.25) is 0 Å². The fourth-order valence-electron chi connectivity index (χ4n) is 1.48. The first-order chi connectivity index (χ1) is 6.87. The minimum Gasteiger partial charge on any atom is -0.508 e. The first-order valence-corrected chi connectivity index (χ1v) is 7.05. The maximum atomic E-state index is 10.8. The molecular weight excluding hydrogens is 236 g/mol. The zero-order valence-corrected chi connectivity index (χ0v) is 9.92. The lowest BCUT2D eigenvalue weighted by atomic mass is 10.0. The lowest BCUT2D eigenvalue weighted by Gasteiger charge is -2.09. The average Bonchev–Trinajstić information content (AvgIpc) is 1.99. The molecule has 0 aliphatic rings. The second kappa shape index (κ2) is 4.86. The third-order valence-corrected chi connectivity index (χ3v) is 3.32. The molecule has 15 heavy (non-hydrogen) atoms. The Morgan fingerprint density at radius 1 is 1.47 bits per heavy atom. The van der Waals surface area contributed by atoms with Gasteiger partial charge in [-0.15, -0.1) is 0 Å². The van der Waals surface area contributed by atoms with Crippen LogP contribution in [0.4, 0.5) is 0 Å². The molecule has 1 N–H and O–H groups in total. The number of aromatic hydroxyl groups is 1. The molecule has 84 valence electrons. The Morgan fingerprint density at radius 2 is 2.13 bits per heavy atom. The number of hydrogen-bond donors (Lipinski definition) is 1. The third kappa shape index (κ3) is 5.04. The number of hydrogen-bond acceptors (Lipinski definition) is 3. The highest BCUT2D eigenvalue weighted by Crippen LogP contribution is 2.16. The van der Waals surface area contributed by atoms with Gasteiger partial charge in [-0.25, -0.2) is 8.42 Å². The van der Waals surface area contributed by atoms with Crippen molar-refractivity contribution in [2.24, 2.45) is 5.92 Å². The predicted octanol–water partition coefficient (Wildman–Crippen LogP) is 2.14. The Labute approximate surface area is 94.1 Å². The standard InChI is InChI=1S/C10H13ClO3S/c1-8(7-15(11,13)14)5-9-3-2-4-10(12)6-9/h2-4,6,8,12H,5,7H2,1H3. The van der Waals surface area contributed by atoms with Crippen molar-refractivity contribution >= 4 is 19.7 Å². The molecule has 1 rings (SSSR count). The second-order valence-electron chi connectivity index (χ2n) is 3.68. The Kier molecular flexibility index (Phi) is 3.99. The normalized spacial score (nSPS) is 13.7. The molecule has 1 unspecified atom stereocenters. The quantitative estimate of drug-likeness (QED) is 0.831. The largest absolute Gasteiger partial charge is 0.508 e. The molecule has 0 amide bonds. The van der Waals surface area contributed by atoms with E-state index < -0.39 is 9.05 Å². The van der Waals surface area contributed by atoms with E-state index in [0.29, 0.717) is 6.42 Å². The Balaban J connectivity index is 2.63. The second-order valence-corrected chi connectivity index (χ2v) is 6.51. The Hall–Kier alpha value is -0.740. The van der Waals surface area contributed by atoms with Crippen LogP contribution in [0.3, 0.4) is 0 Å². The summed E-state index contributed by atoms with van der Waals surface area (Å²) in [7, 11) is 1.70. The molecular formula is C10H13ClO3S. The summed E-state index contributed by atoms with van der Waals surface area (Å²) in [5.74, 6) is 0.0762. The molecule has 0 heterocycles. The molecule has 3 nitrogen and oxygen atoms in total. The van der Waals surface area contributed by atoms with E-state index in [-0.39, 0.29) is 17.4 Å². The molecule has 0 saturated heterocycles. The van der Waals surface area contributed by atoms with Gasteiger partial charge in [0.15, 0.2) is 0 Å². The van der Waals surface area contributed by atoms with Gasteiger partial charge >= 0.3 is 0 Å². The van der Waals surface area contributed by atoms with Crippen molar-refractivity contribution in [3.05, 3.63) is 29.8 Å². The fraction of sp³-hybridized carbons (Fsp3) is 0.400. The molecule has 1 aromatic carbocycles. The van der Waals surface area contributed by atoms with E-state index in [2.05, 4.69) is 0 Å². The summed E-state index contributed by atoms with van der Waals surface area (Å²) < 4.78 is 21.6. The monoisotopic (exact) mass is 248 g/mol. The zero-order valence-electron chi connectivity index (χ0n) is 8.35. The maximum Gasteiger partial charge on any atom is 0.232 e. The van der Waals surface area contributed by atoms with Crippen molar-refractivity contribution in [2.45, 2.75) is 13.3 Å². The van der Waals surface area contributed by atoms with Crippen molar-refractivity contribution in [1.82, 2.24) is 0 Å². The summed E-state index contributed by atoms with van der Waals surface area (Å²) in [6, 6.07) is 6.77. The summed E-state index contributed by atoms with van der Waals surface area (Å²) in [4.78, 5) is 0. The summed E-state index contributed by atoms with van der Waals surface area (Å²) in [6.07, 6.45) is 0.584. The van der Waals surface area contributed by atoms with Crippen molar-refractivity contribution in [3.8, 4) is 5.75 Å². The fourth-order valence-corrected chi connectivity index (χ4v) is 2.93. The van der Waals surface area contributed by atoms with E-state index in [1.165, 1.54) is 0 Å². The molecule has 0 bridgehead atoms. The zero-order chi connectivity index (χ0) is 11.5. The van der Waals surface area contributed by atoms with Crippen molar-refractivity contribution < 1.29 is 13.5 Å². The molecule has 0 aliphatic heterocycles. The van der Waals surface area contributed by atoms with Gasteiger partial charge in [-0.1, -0.05) is 19.1 Å². The lowest BCUT2D eigenvalue weighted by molar-refractivity contribution is 0.474. The van der Waals surface area contributed by atoms with E-state index in [1.807, 2.05) is 13.0 Å². The van der Waals surface area contributed by atoms with Crippen molar-refractivity contribution in [2.75, 3.05) is 5.75 Å². The molecule has 1 aromatic rings. The summed E-state index contributed by atoms with van der Waals surface area (Å²) >= 11 is 0. The number of phenols is 1. The highest BCUT2D eigenvalue weighted by molar-refractivity contribution is 8.13. The van der Waals surface area contributed by atoms with E-state index in [1.54, 1.807) is 18.2 Å². The maximum absolute atomic E-state index is 10.8. The molecule has 0 aliphatic carbocycles. The third-order valence-electron chi connectivity index (χ3n) is 1.98. The highest BCUT2D eigenvalue weighted by atomic mass is 35.7. The van der Waals surface area contributed by atoms with E-state index in [4.69, 9.17) is 10.7 Å². The van der Waals surface area contributed by atoms with Gasteiger partial charge in [0.1, 0.15) is 5.75 Å². The van der Waals surface area contributed by atoms with Crippen LogP contribution in [0, 0.1) is 5.92 Å². The highest BCUT2D eigenvalue weighted by Gasteiger charge is 2.13. The minimum absolute atomic E-state index is 0.0514. The van der Waals surface area contributed by atoms with Gasteiger partial charge in [-0.2, -0.15) is 0 Å². The molecule has 0 aromatic heterocycles.